The van der Waals surface area contributed by atoms with Crippen LogP contribution < -0.4 is 0 Å². The summed E-state index contributed by atoms with van der Waals surface area (Å²) in [6, 6.07) is 7.25. The fourth-order valence-electron chi connectivity index (χ4n) is 1.66. The molecule has 0 unspecified atom stereocenters. The molecule has 0 bridgehead atoms. The highest BCUT2D eigenvalue weighted by atomic mass is 16.4. The minimum atomic E-state index is -0.744. The molecular weight excluding hydrogens is 176 g/mol. The lowest BCUT2D eigenvalue weighted by Gasteiger charge is -2.09. The van der Waals surface area contributed by atoms with Crippen LogP contribution in [0.2, 0.25) is 0 Å². The van der Waals surface area contributed by atoms with Crippen LogP contribution >= 0.6 is 0 Å². The van der Waals surface area contributed by atoms with Gasteiger partial charge in [0.05, 0.1) is 5.41 Å². The molecule has 0 atom stereocenters. The lowest BCUT2D eigenvalue weighted by Crippen LogP contribution is -2.19. The lowest BCUT2D eigenvalue weighted by molar-refractivity contribution is -0.140. The molecule has 1 N–H and O–H groups in total. The van der Waals surface area contributed by atoms with Crippen molar-refractivity contribution >= 4 is 5.97 Å². The third kappa shape index (κ3) is 1.18. The van der Waals surface area contributed by atoms with Gasteiger partial charge in [-0.15, -0.1) is 6.42 Å². The molecule has 0 heterocycles. The van der Waals surface area contributed by atoms with Gasteiger partial charge in [0.25, 0.3) is 0 Å². The fourth-order valence-corrected chi connectivity index (χ4v) is 1.66. The molecule has 70 valence electrons. The lowest BCUT2D eigenvalue weighted by atomic mass is 9.95. The van der Waals surface area contributed by atoms with E-state index in [0.29, 0.717) is 0 Å². The van der Waals surface area contributed by atoms with Gasteiger partial charge in [-0.1, -0.05) is 18.1 Å². The van der Waals surface area contributed by atoms with Crippen molar-refractivity contribution in [2.45, 2.75) is 18.3 Å². The van der Waals surface area contributed by atoms with Crippen LogP contribution in [0.1, 0.15) is 24.0 Å². The molecule has 0 aliphatic heterocycles. The highest BCUT2D eigenvalue weighted by Crippen LogP contribution is 2.48. The van der Waals surface area contributed by atoms with E-state index in [0.717, 1.165) is 24.0 Å². The molecule has 14 heavy (non-hydrogen) atoms. The molecule has 0 saturated heterocycles. The first-order valence-corrected chi connectivity index (χ1v) is 4.49. The van der Waals surface area contributed by atoms with Crippen molar-refractivity contribution in [3.63, 3.8) is 0 Å². The SMILES string of the molecule is C#Cc1cccc(C2(C(=O)O)CC2)c1. The number of carboxylic acid groups (broad SMARTS) is 1. The highest BCUT2D eigenvalue weighted by molar-refractivity contribution is 5.85. The maximum atomic E-state index is 11.0. The number of hydrogen-bond donors (Lipinski definition) is 1. The molecule has 1 aromatic carbocycles. The summed E-state index contributed by atoms with van der Waals surface area (Å²) in [5, 5.41) is 9.07. The molecule has 1 saturated carbocycles. The predicted molar refractivity (Wildman–Crippen MR) is 52.9 cm³/mol. The minimum Gasteiger partial charge on any atom is -0.481 e. The first-order chi connectivity index (χ1) is 6.69. The first kappa shape index (κ1) is 8.83. The Hall–Kier alpha value is -1.75. The standard InChI is InChI=1S/C12H10O2/c1-2-9-4-3-5-10(8-9)12(6-7-12)11(13)14/h1,3-5,8H,6-7H2,(H,13,14). The van der Waals surface area contributed by atoms with Gasteiger partial charge in [0, 0.05) is 5.56 Å². The average Bonchev–Trinajstić information content (AvgIpc) is 2.98. The molecule has 0 spiro atoms. The van der Waals surface area contributed by atoms with Gasteiger partial charge in [0.2, 0.25) is 0 Å². The smallest absolute Gasteiger partial charge is 0.314 e. The van der Waals surface area contributed by atoms with Crippen LogP contribution in [0.15, 0.2) is 24.3 Å². The van der Waals surface area contributed by atoms with Crippen LogP contribution in [0.4, 0.5) is 0 Å². The minimum absolute atomic E-state index is 0.646. The molecule has 0 amide bonds. The van der Waals surface area contributed by atoms with Gasteiger partial charge in [-0.25, -0.2) is 0 Å². The molecular formula is C12H10O2. The second-order valence-corrected chi connectivity index (χ2v) is 3.61. The fraction of sp³-hybridized carbons (Fsp3) is 0.250. The number of aliphatic carboxylic acids is 1. The summed E-state index contributed by atoms with van der Waals surface area (Å²) in [5.74, 6) is 1.77. The van der Waals surface area contributed by atoms with E-state index in [9.17, 15) is 4.79 Å². The van der Waals surface area contributed by atoms with Crippen LogP contribution in [-0.2, 0) is 10.2 Å². The van der Waals surface area contributed by atoms with Gasteiger partial charge in [0.15, 0.2) is 0 Å². The summed E-state index contributed by atoms with van der Waals surface area (Å²) in [7, 11) is 0. The van der Waals surface area contributed by atoms with E-state index in [2.05, 4.69) is 5.92 Å². The van der Waals surface area contributed by atoms with E-state index in [-0.39, 0.29) is 0 Å². The second-order valence-electron chi connectivity index (χ2n) is 3.61. The zero-order valence-corrected chi connectivity index (χ0v) is 7.66. The van der Waals surface area contributed by atoms with Crippen LogP contribution in [0, 0.1) is 12.3 Å². The van der Waals surface area contributed by atoms with Crippen molar-refractivity contribution in [1.82, 2.24) is 0 Å². The Morgan fingerprint density at radius 1 is 1.50 bits per heavy atom. The highest BCUT2D eigenvalue weighted by Gasteiger charge is 2.51. The summed E-state index contributed by atoms with van der Waals surface area (Å²) >= 11 is 0. The number of terminal acetylenes is 1. The molecule has 1 fully saturated rings. The van der Waals surface area contributed by atoms with E-state index >= 15 is 0 Å². The van der Waals surface area contributed by atoms with Crippen molar-refractivity contribution in [3.05, 3.63) is 35.4 Å². The van der Waals surface area contributed by atoms with E-state index in [1.807, 2.05) is 12.1 Å². The largest absolute Gasteiger partial charge is 0.481 e. The number of carbonyl (C=O) groups is 1. The monoisotopic (exact) mass is 186 g/mol. The predicted octanol–water partition coefficient (Wildman–Crippen LogP) is 1.78. The Labute approximate surface area is 82.6 Å². The second kappa shape index (κ2) is 2.88. The zero-order valence-electron chi connectivity index (χ0n) is 7.66. The Bertz CT molecular complexity index is 422. The first-order valence-electron chi connectivity index (χ1n) is 4.49. The van der Waals surface area contributed by atoms with Gasteiger partial charge in [-0.3, -0.25) is 4.79 Å². The molecule has 2 heteroatoms. The van der Waals surface area contributed by atoms with E-state index < -0.39 is 11.4 Å². The summed E-state index contributed by atoms with van der Waals surface area (Å²) in [6.45, 7) is 0. The molecule has 0 aromatic heterocycles. The van der Waals surface area contributed by atoms with Gasteiger partial charge in [0.1, 0.15) is 0 Å². The quantitative estimate of drug-likeness (QED) is 0.715. The van der Waals surface area contributed by atoms with E-state index in [1.165, 1.54) is 0 Å². The number of benzene rings is 1. The number of carboxylic acids is 1. The normalized spacial score (nSPS) is 17.1. The zero-order chi connectivity index (χ0) is 10.2. The summed E-state index contributed by atoms with van der Waals surface area (Å²) in [4.78, 5) is 11.0. The van der Waals surface area contributed by atoms with Crippen LogP contribution in [0.25, 0.3) is 0 Å². The third-order valence-corrected chi connectivity index (χ3v) is 2.74. The van der Waals surface area contributed by atoms with Crippen molar-refractivity contribution in [1.29, 1.82) is 0 Å². The van der Waals surface area contributed by atoms with Crippen molar-refractivity contribution in [2.75, 3.05) is 0 Å². The van der Waals surface area contributed by atoms with Crippen LogP contribution in [-0.4, -0.2) is 11.1 Å². The van der Waals surface area contributed by atoms with Gasteiger partial charge < -0.3 is 5.11 Å². The molecule has 1 aliphatic rings. The van der Waals surface area contributed by atoms with Gasteiger partial charge in [-0.2, -0.15) is 0 Å². The van der Waals surface area contributed by atoms with Crippen molar-refractivity contribution in [2.24, 2.45) is 0 Å². The van der Waals surface area contributed by atoms with E-state index in [4.69, 9.17) is 11.5 Å². The maximum absolute atomic E-state index is 11.0. The Morgan fingerprint density at radius 2 is 2.21 bits per heavy atom. The third-order valence-electron chi connectivity index (χ3n) is 2.74. The number of rotatable bonds is 2. The molecule has 1 aromatic rings. The summed E-state index contributed by atoms with van der Waals surface area (Å²) in [6.07, 6.45) is 6.70. The molecule has 0 radical (unpaired) electrons. The number of hydrogen-bond acceptors (Lipinski definition) is 1. The van der Waals surface area contributed by atoms with Crippen molar-refractivity contribution < 1.29 is 9.90 Å². The Balaban J connectivity index is 2.43. The Kier molecular flexibility index (Phi) is 1.82. The maximum Gasteiger partial charge on any atom is 0.314 e. The van der Waals surface area contributed by atoms with Crippen molar-refractivity contribution in [3.8, 4) is 12.3 Å². The summed E-state index contributed by atoms with van der Waals surface area (Å²) < 4.78 is 0. The Morgan fingerprint density at radius 3 is 2.71 bits per heavy atom. The average molecular weight is 186 g/mol. The molecule has 2 nitrogen and oxygen atoms in total. The molecule has 1 aliphatic carbocycles. The molecule has 2 rings (SSSR count). The topological polar surface area (TPSA) is 37.3 Å². The van der Waals surface area contributed by atoms with E-state index in [1.54, 1.807) is 12.1 Å². The van der Waals surface area contributed by atoms with Crippen LogP contribution in [0.5, 0.6) is 0 Å². The van der Waals surface area contributed by atoms with Gasteiger partial charge >= 0.3 is 5.97 Å². The summed E-state index contributed by atoms with van der Waals surface area (Å²) in [5.41, 5.74) is 0.933. The van der Waals surface area contributed by atoms with Crippen LogP contribution in [0.3, 0.4) is 0 Å². The van der Waals surface area contributed by atoms with Gasteiger partial charge in [-0.05, 0) is 30.5 Å².